The molecule has 90 valence electrons. The molecule has 1 aromatic heterocycles. The van der Waals surface area contributed by atoms with Crippen LogP contribution in [0.2, 0.25) is 0 Å². The van der Waals surface area contributed by atoms with E-state index in [9.17, 15) is 4.21 Å². The van der Waals surface area contributed by atoms with Crippen molar-refractivity contribution < 1.29 is 4.21 Å². The molecule has 0 aliphatic carbocycles. The van der Waals surface area contributed by atoms with E-state index in [2.05, 4.69) is 26.2 Å². The molecular formula is C11H17BrN2OS. The normalized spacial score (nSPS) is 14.7. The van der Waals surface area contributed by atoms with Crippen molar-refractivity contribution in [3.63, 3.8) is 0 Å². The number of rotatable bonds is 6. The van der Waals surface area contributed by atoms with E-state index < -0.39 is 10.8 Å². The van der Waals surface area contributed by atoms with E-state index in [1.807, 2.05) is 25.1 Å². The SMILES string of the molecule is CC(CCNCc1cccc(Br)n1)S(C)=O. The molecule has 0 aliphatic heterocycles. The van der Waals surface area contributed by atoms with Gasteiger partial charge in [0.1, 0.15) is 4.60 Å². The van der Waals surface area contributed by atoms with Gasteiger partial charge in [0.2, 0.25) is 0 Å². The van der Waals surface area contributed by atoms with Crippen molar-refractivity contribution in [2.75, 3.05) is 12.8 Å². The van der Waals surface area contributed by atoms with Gasteiger partial charge in [-0.25, -0.2) is 4.98 Å². The quantitative estimate of drug-likeness (QED) is 0.646. The second-order valence-electron chi connectivity index (χ2n) is 3.73. The number of halogens is 1. The van der Waals surface area contributed by atoms with Gasteiger partial charge in [-0.05, 0) is 41.0 Å². The summed E-state index contributed by atoms with van der Waals surface area (Å²) in [7, 11) is -0.725. The lowest BCUT2D eigenvalue weighted by Gasteiger charge is -2.08. The lowest BCUT2D eigenvalue weighted by atomic mass is 10.3. The van der Waals surface area contributed by atoms with Gasteiger partial charge in [-0.3, -0.25) is 4.21 Å². The van der Waals surface area contributed by atoms with Gasteiger partial charge in [-0.2, -0.15) is 0 Å². The molecule has 0 bridgehead atoms. The van der Waals surface area contributed by atoms with Crippen LogP contribution < -0.4 is 5.32 Å². The van der Waals surface area contributed by atoms with Crippen LogP contribution in [0.5, 0.6) is 0 Å². The van der Waals surface area contributed by atoms with Crippen molar-refractivity contribution in [2.45, 2.75) is 25.1 Å². The number of nitrogens with zero attached hydrogens (tertiary/aromatic N) is 1. The number of hydrogen-bond donors (Lipinski definition) is 1. The smallest absolute Gasteiger partial charge is 0.106 e. The molecule has 16 heavy (non-hydrogen) atoms. The van der Waals surface area contributed by atoms with Crippen molar-refractivity contribution in [3.05, 3.63) is 28.5 Å². The Morgan fingerprint density at radius 2 is 2.31 bits per heavy atom. The van der Waals surface area contributed by atoms with E-state index in [1.54, 1.807) is 6.26 Å². The zero-order valence-electron chi connectivity index (χ0n) is 9.57. The Bertz CT molecular complexity index is 360. The Morgan fingerprint density at radius 3 is 2.94 bits per heavy atom. The Hall–Kier alpha value is -0.260. The minimum absolute atomic E-state index is 0.253. The largest absolute Gasteiger partial charge is 0.311 e. The fraction of sp³-hybridized carbons (Fsp3) is 0.545. The van der Waals surface area contributed by atoms with Gasteiger partial charge in [0.25, 0.3) is 0 Å². The summed E-state index contributed by atoms with van der Waals surface area (Å²) in [6, 6.07) is 5.86. The van der Waals surface area contributed by atoms with Crippen LogP contribution in [0.4, 0.5) is 0 Å². The van der Waals surface area contributed by atoms with Crippen LogP contribution in [-0.2, 0) is 17.3 Å². The summed E-state index contributed by atoms with van der Waals surface area (Å²) in [5.41, 5.74) is 1.01. The number of pyridine rings is 1. The minimum atomic E-state index is -0.725. The average molecular weight is 305 g/mol. The van der Waals surface area contributed by atoms with Crippen LogP contribution in [0, 0.1) is 0 Å². The zero-order valence-corrected chi connectivity index (χ0v) is 12.0. The first-order valence-electron chi connectivity index (χ1n) is 5.24. The van der Waals surface area contributed by atoms with Gasteiger partial charge in [0.05, 0.1) is 5.69 Å². The lowest BCUT2D eigenvalue weighted by molar-refractivity contribution is 0.623. The van der Waals surface area contributed by atoms with Crippen LogP contribution >= 0.6 is 15.9 Å². The molecule has 2 unspecified atom stereocenters. The molecule has 0 aliphatic rings. The summed E-state index contributed by atoms with van der Waals surface area (Å²) in [5.74, 6) is 0. The van der Waals surface area contributed by atoms with E-state index >= 15 is 0 Å². The number of hydrogen-bond acceptors (Lipinski definition) is 3. The van der Waals surface area contributed by atoms with Gasteiger partial charge in [0, 0.05) is 28.9 Å². The highest BCUT2D eigenvalue weighted by Crippen LogP contribution is 2.06. The maximum atomic E-state index is 11.1. The molecule has 0 aromatic carbocycles. The van der Waals surface area contributed by atoms with Gasteiger partial charge < -0.3 is 5.32 Å². The molecule has 0 amide bonds. The second kappa shape index (κ2) is 7.14. The van der Waals surface area contributed by atoms with Crippen molar-refractivity contribution in [1.29, 1.82) is 0 Å². The Labute approximate surface area is 108 Å². The van der Waals surface area contributed by atoms with Crippen LogP contribution in [0.3, 0.4) is 0 Å². The van der Waals surface area contributed by atoms with E-state index in [0.29, 0.717) is 0 Å². The highest BCUT2D eigenvalue weighted by molar-refractivity contribution is 9.10. The van der Waals surface area contributed by atoms with Crippen molar-refractivity contribution >= 4 is 26.7 Å². The lowest BCUT2D eigenvalue weighted by Crippen LogP contribution is -2.21. The van der Waals surface area contributed by atoms with Crippen LogP contribution in [-0.4, -0.2) is 27.2 Å². The number of aromatic nitrogens is 1. The van der Waals surface area contributed by atoms with E-state index in [4.69, 9.17) is 0 Å². The fourth-order valence-electron chi connectivity index (χ4n) is 1.24. The summed E-state index contributed by atoms with van der Waals surface area (Å²) >= 11 is 3.33. The first-order chi connectivity index (χ1) is 7.59. The summed E-state index contributed by atoms with van der Waals surface area (Å²) in [4.78, 5) is 4.32. The van der Waals surface area contributed by atoms with Gasteiger partial charge in [-0.15, -0.1) is 0 Å². The molecule has 1 rings (SSSR count). The third-order valence-corrected chi connectivity index (χ3v) is 4.18. The molecule has 1 N–H and O–H groups in total. The molecule has 5 heteroatoms. The second-order valence-corrected chi connectivity index (χ2v) is 6.34. The summed E-state index contributed by atoms with van der Waals surface area (Å²) in [6.45, 7) is 3.63. The predicted molar refractivity (Wildman–Crippen MR) is 71.8 cm³/mol. The van der Waals surface area contributed by atoms with E-state index in [-0.39, 0.29) is 5.25 Å². The van der Waals surface area contributed by atoms with E-state index in [1.165, 1.54) is 0 Å². The van der Waals surface area contributed by atoms with E-state index in [0.717, 1.165) is 29.8 Å². The highest BCUT2D eigenvalue weighted by Gasteiger charge is 2.04. The summed E-state index contributed by atoms with van der Waals surface area (Å²) in [5, 5.41) is 3.55. The summed E-state index contributed by atoms with van der Waals surface area (Å²) < 4.78 is 12.0. The molecule has 1 heterocycles. The first-order valence-corrected chi connectivity index (χ1v) is 7.65. The molecule has 0 spiro atoms. The van der Waals surface area contributed by atoms with Gasteiger partial charge in [0.15, 0.2) is 0 Å². The molecule has 2 atom stereocenters. The van der Waals surface area contributed by atoms with Crippen LogP contribution in [0.15, 0.2) is 22.8 Å². The number of nitrogens with one attached hydrogen (secondary N) is 1. The van der Waals surface area contributed by atoms with Crippen LogP contribution in [0.25, 0.3) is 0 Å². The Balaban J connectivity index is 2.23. The summed E-state index contributed by atoms with van der Waals surface area (Å²) in [6.07, 6.45) is 2.68. The third-order valence-electron chi connectivity index (χ3n) is 2.37. The average Bonchev–Trinajstić information content (AvgIpc) is 2.24. The fourth-order valence-corrected chi connectivity index (χ4v) is 2.07. The Morgan fingerprint density at radius 1 is 1.56 bits per heavy atom. The molecular weight excluding hydrogens is 288 g/mol. The third kappa shape index (κ3) is 5.18. The highest BCUT2D eigenvalue weighted by atomic mass is 79.9. The molecule has 1 aromatic rings. The van der Waals surface area contributed by atoms with Gasteiger partial charge in [-0.1, -0.05) is 13.0 Å². The van der Waals surface area contributed by atoms with Crippen LogP contribution in [0.1, 0.15) is 19.0 Å². The zero-order chi connectivity index (χ0) is 12.0. The van der Waals surface area contributed by atoms with Gasteiger partial charge >= 0.3 is 0 Å². The molecule has 0 saturated heterocycles. The first kappa shape index (κ1) is 13.8. The van der Waals surface area contributed by atoms with Crippen molar-refractivity contribution in [3.8, 4) is 0 Å². The standard InChI is InChI=1S/C11H17BrN2OS/c1-9(16(2)15)6-7-13-8-10-4-3-5-11(12)14-10/h3-5,9,13H,6-8H2,1-2H3. The molecule has 0 saturated carbocycles. The topological polar surface area (TPSA) is 42.0 Å². The minimum Gasteiger partial charge on any atom is -0.311 e. The molecule has 0 radical (unpaired) electrons. The predicted octanol–water partition coefficient (Wildman–Crippen LogP) is 2.09. The van der Waals surface area contributed by atoms with Crippen molar-refractivity contribution in [2.24, 2.45) is 0 Å². The maximum absolute atomic E-state index is 11.1. The maximum Gasteiger partial charge on any atom is 0.106 e. The molecule has 0 fully saturated rings. The van der Waals surface area contributed by atoms with Crippen molar-refractivity contribution in [1.82, 2.24) is 10.3 Å². The molecule has 3 nitrogen and oxygen atoms in total. The Kier molecular flexibility index (Phi) is 6.16. The monoisotopic (exact) mass is 304 g/mol.